The summed E-state index contributed by atoms with van der Waals surface area (Å²) in [6.07, 6.45) is 3.31. The molecule has 3 atom stereocenters. The fourth-order valence-corrected chi connectivity index (χ4v) is 5.02. The van der Waals surface area contributed by atoms with Gasteiger partial charge in [0.15, 0.2) is 6.10 Å². The summed E-state index contributed by atoms with van der Waals surface area (Å²) in [4.78, 5) is 25.0. The van der Waals surface area contributed by atoms with Gasteiger partial charge >= 0.3 is 5.97 Å². The SMILES string of the molecule is C[C@H](OC(=O)c1cccc(NS(=O)(=O)Cc2ccccc2)c1)C(=O)N[C@H]1CCCC[C@@H]1C. The second-order valence-corrected chi connectivity index (χ2v) is 10.1. The van der Waals surface area contributed by atoms with E-state index >= 15 is 0 Å². The Bertz CT molecular complexity index is 1040. The molecule has 172 valence electrons. The topological polar surface area (TPSA) is 102 Å². The largest absolute Gasteiger partial charge is 0.449 e. The number of benzene rings is 2. The average molecular weight is 459 g/mol. The smallest absolute Gasteiger partial charge is 0.338 e. The van der Waals surface area contributed by atoms with Crippen LogP contribution >= 0.6 is 0 Å². The van der Waals surface area contributed by atoms with Crippen molar-refractivity contribution >= 4 is 27.6 Å². The Kier molecular flexibility index (Phi) is 7.90. The standard InChI is InChI=1S/C24H30N2O5S/c1-17-9-6-7-14-22(17)25-23(27)18(2)31-24(28)20-12-8-13-21(15-20)26-32(29,30)16-19-10-4-3-5-11-19/h3-5,8,10-13,15,17-18,22,26H,6-7,9,14,16H2,1-2H3,(H,25,27)/t17-,18-,22-/m0/s1. The maximum Gasteiger partial charge on any atom is 0.338 e. The van der Waals surface area contributed by atoms with Gasteiger partial charge < -0.3 is 10.1 Å². The molecule has 1 fully saturated rings. The molecule has 0 unspecified atom stereocenters. The van der Waals surface area contributed by atoms with E-state index in [2.05, 4.69) is 17.0 Å². The van der Waals surface area contributed by atoms with E-state index in [9.17, 15) is 18.0 Å². The van der Waals surface area contributed by atoms with Crippen molar-refractivity contribution in [2.45, 2.75) is 57.4 Å². The van der Waals surface area contributed by atoms with Gasteiger partial charge in [0.1, 0.15) is 0 Å². The molecule has 2 aromatic rings. The number of anilines is 1. The molecule has 0 radical (unpaired) electrons. The van der Waals surface area contributed by atoms with Crippen molar-refractivity contribution in [3.8, 4) is 0 Å². The van der Waals surface area contributed by atoms with Gasteiger partial charge in [0, 0.05) is 11.7 Å². The van der Waals surface area contributed by atoms with Crippen molar-refractivity contribution in [1.82, 2.24) is 5.32 Å². The van der Waals surface area contributed by atoms with Crippen LogP contribution in [0.3, 0.4) is 0 Å². The molecule has 1 aliphatic carbocycles. The number of hydrogen-bond acceptors (Lipinski definition) is 5. The number of hydrogen-bond donors (Lipinski definition) is 2. The number of carbonyl (C=O) groups is 2. The molecule has 8 heteroatoms. The molecule has 2 N–H and O–H groups in total. The molecule has 0 aromatic heterocycles. The first-order chi connectivity index (χ1) is 15.2. The Morgan fingerprint density at radius 3 is 2.50 bits per heavy atom. The van der Waals surface area contributed by atoms with Crippen molar-refractivity contribution in [2.24, 2.45) is 5.92 Å². The highest BCUT2D eigenvalue weighted by molar-refractivity contribution is 7.91. The summed E-state index contributed by atoms with van der Waals surface area (Å²) in [7, 11) is -3.65. The Morgan fingerprint density at radius 2 is 1.78 bits per heavy atom. The van der Waals surface area contributed by atoms with Gasteiger partial charge in [-0.05, 0) is 49.4 Å². The molecule has 1 aliphatic rings. The maximum atomic E-state index is 12.5. The zero-order valence-corrected chi connectivity index (χ0v) is 19.2. The molecule has 1 amide bonds. The quantitative estimate of drug-likeness (QED) is 0.585. The van der Waals surface area contributed by atoms with Gasteiger partial charge in [-0.3, -0.25) is 9.52 Å². The average Bonchev–Trinajstić information content (AvgIpc) is 2.75. The number of sulfonamides is 1. The molecular formula is C24H30N2O5S. The van der Waals surface area contributed by atoms with E-state index in [0.29, 0.717) is 11.5 Å². The monoisotopic (exact) mass is 458 g/mol. The summed E-state index contributed by atoms with van der Waals surface area (Å²) in [5, 5.41) is 2.98. The van der Waals surface area contributed by atoms with E-state index < -0.39 is 22.1 Å². The highest BCUT2D eigenvalue weighted by Gasteiger charge is 2.26. The molecule has 2 aromatic carbocycles. The highest BCUT2D eigenvalue weighted by atomic mass is 32.2. The molecule has 0 spiro atoms. The highest BCUT2D eigenvalue weighted by Crippen LogP contribution is 2.24. The van der Waals surface area contributed by atoms with Crippen LogP contribution in [0.4, 0.5) is 5.69 Å². The number of carbonyl (C=O) groups excluding carboxylic acids is 2. The molecular weight excluding hydrogens is 428 g/mol. The summed E-state index contributed by atoms with van der Waals surface area (Å²) < 4.78 is 32.7. The Hall–Kier alpha value is -2.87. The van der Waals surface area contributed by atoms with E-state index in [1.54, 1.807) is 36.4 Å². The molecule has 32 heavy (non-hydrogen) atoms. The lowest BCUT2D eigenvalue weighted by molar-refractivity contribution is -0.130. The molecule has 0 saturated heterocycles. The van der Waals surface area contributed by atoms with Gasteiger partial charge in [0.2, 0.25) is 10.0 Å². The summed E-state index contributed by atoms with van der Waals surface area (Å²) in [5.41, 5.74) is 1.07. The second kappa shape index (κ2) is 10.6. The number of esters is 1. The van der Waals surface area contributed by atoms with E-state index in [-0.39, 0.29) is 29.0 Å². The van der Waals surface area contributed by atoms with Crippen LogP contribution in [0.25, 0.3) is 0 Å². The lowest BCUT2D eigenvalue weighted by Crippen LogP contribution is -2.45. The third kappa shape index (κ3) is 6.82. The van der Waals surface area contributed by atoms with Crippen LogP contribution in [-0.4, -0.2) is 32.4 Å². The van der Waals surface area contributed by atoms with Crippen LogP contribution in [0.15, 0.2) is 54.6 Å². The molecule has 0 bridgehead atoms. The van der Waals surface area contributed by atoms with Gasteiger partial charge in [0.25, 0.3) is 5.91 Å². The number of nitrogens with one attached hydrogen (secondary N) is 2. The number of ether oxygens (including phenoxy) is 1. The van der Waals surface area contributed by atoms with Crippen LogP contribution < -0.4 is 10.0 Å². The Morgan fingerprint density at radius 1 is 1.06 bits per heavy atom. The van der Waals surface area contributed by atoms with Gasteiger partial charge in [0.05, 0.1) is 11.3 Å². The summed E-state index contributed by atoms with van der Waals surface area (Å²) in [6.45, 7) is 3.65. The third-order valence-electron chi connectivity index (χ3n) is 5.66. The van der Waals surface area contributed by atoms with Crippen LogP contribution in [0.1, 0.15) is 55.5 Å². The third-order valence-corrected chi connectivity index (χ3v) is 6.92. The first-order valence-electron chi connectivity index (χ1n) is 10.9. The van der Waals surface area contributed by atoms with Crippen LogP contribution in [0, 0.1) is 5.92 Å². The zero-order chi connectivity index (χ0) is 23.1. The van der Waals surface area contributed by atoms with Crippen molar-refractivity contribution in [2.75, 3.05) is 4.72 Å². The fraction of sp³-hybridized carbons (Fsp3) is 0.417. The minimum absolute atomic E-state index is 0.0970. The normalized spacial score (nSPS) is 19.6. The fourth-order valence-electron chi connectivity index (χ4n) is 3.83. The van der Waals surface area contributed by atoms with Gasteiger partial charge in [-0.1, -0.05) is 56.2 Å². The first kappa shape index (κ1) is 23.8. The summed E-state index contributed by atoms with van der Waals surface area (Å²) in [6, 6.07) is 15.0. The minimum atomic E-state index is -3.65. The predicted molar refractivity (Wildman–Crippen MR) is 124 cm³/mol. The van der Waals surface area contributed by atoms with Crippen LogP contribution in [0.2, 0.25) is 0 Å². The van der Waals surface area contributed by atoms with Gasteiger partial charge in [-0.15, -0.1) is 0 Å². The second-order valence-electron chi connectivity index (χ2n) is 8.35. The summed E-state index contributed by atoms with van der Waals surface area (Å²) >= 11 is 0. The molecule has 7 nitrogen and oxygen atoms in total. The predicted octanol–water partition coefficient (Wildman–Crippen LogP) is 3.87. The lowest BCUT2D eigenvalue weighted by Gasteiger charge is -2.30. The first-order valence-corrected chi connectivity index (χ1v) is 12.5. The molecule has 1 saturated carbocycles. The zero-order valence-electron chi connectivity index (χ0n) is 18.4. The van der Waals surface area contributed by atoms with Crippen LogP contribution in [0.5, 0.6) is 0 Å². The van der Waals surface area contributed by atoms with Gasteiger partial charge in [-0.2, -0.15) is 0 Å². The van der Waals surface area contributed by atoms with E-state index in [0.717, 1.165) is 19.3 Å². The van der Waals surface area contributed by atoms with Gasteiger partial charge in [-0.25, -0.2) is 13.2 Å². The maximum absolute atomic E-state index is 12.5. The molecule has 0 heterocycles. The molecule has 0 aliphatic heterocycles. The number of amides is 1. The van der Waals surface area contributed by atoms with Crippen LogP contribution in [-0.2, 0) is 25.3 Å². The van der Waals surface area contributed by atoms with E-state index in [1.165, 1.54) is 25.5 Å². The van der Waals surface area contributed by atoms with Crippen molar-refractivity contribution in [3.63, 3.8) is 0 Å². The van der Waals surface area contributed by atoms with Crippen molar-refractivity contribution in [1.29, 1.82) is 0 Å². The summed E-state index contributed by atoms with van der Waals surface area (Å²) in [5.74, 6) is -0.791. The van der Waals surface area contributed by atoms with Crippen molar-refractivity contribution < 1.29 is 22.7 Å². The lowest BCUT2D eigenvalue weighted by atomic mass is 9.86. The van der Waals surface area contributed by atoms with E-state index in [4.69, 9.17) is 4.74 Å². The Balaban J connectivity index is 1.59. The minimum Gasteiger partial charge on any atom is -0.449 e. The van der Waals surface area contributed by atoms with Crippen molar-refractivity contribution in [3.05, 3.63) is 65.7 Å². The molecule has 3 rings (SSSR count). The number of rotatable bonds is 8. The Labute approximate surface area is 189 Å². The van der Waals surface area contributed by atoms with E-state index in [1.807, 2.05) is 6.07 Å².